The maximum absolute atomic E-state index is 10.5. The summed E-state index contributed by atoms with van der Waals surface area (Å²) in [5.74, 6) is 1.04. The third-order valence-corrected chi connectivity index (χ3v) is 2.41. The van der Waals surface area contributed by atoms with Crippen molar-refractivity contribution in [1.82, 2.24) is 9.78 Å². The number of hydrogen-bond acceptors (Lipinski definition) is 3. The van der Waals surface area contributed by atoms with Crippen LogP contribution in [0.15, 0.2) is 22.7 Å². The van der Waals surface area contributed by atoms with E-state index >= 15 is 0 Å². The Labute approximate surface area is 93.9 Å². The van der Waals surface area contributed by atoms with Crippen LogP contribution in [-0.4, -0.2) is 16.1 Å². The summed E-state index contributed by atoms with van der Waals surface area (Å²) in [6, 6.07) is 3.46. The second-order valence-corrected chi connectivity index (χ2v) is 3.71. The molecule has 2 heterocycles. The Kier molecular flexibility index (Phi) is 2.90. The molecule has 0 unspecified atom stereocenters. The normalized spacial score (nSPS) is 10.6. The molecule has 4 heteroatoms. The van der Waals surface area contributed by atoms with E-state index in [1.165, 1.54) is 0 Å². The van der Waals surface area contributed by atoms with Crippen LogP contribution in [-0.2, 0) is 6.54 Å². The van der Waals surface area contributed by atoms with Crippen LogP contribution in [0.1, 0.15) is 29.6 Å². The van der Waals surface area contributed by atoms with Gasteiger partial charge in [0.2, 0.25) is 0 Å². The fourth-order valence-corrected chi connectivity index (χ4v) is 1.66. The van der Waals surface area contributed by atoms with Crippen molar-refractivity contribution < 1.29 is 9.21 Å². The van der Waals surface area contributed by atoms with Gasteiger partial charge in [-0.1, -0.05) is 6.92 Å². The van der Waals surface area contributed by atoms with Crippen LogP contribution in [0, 0.1) is 6.92 Å². The van der Waals surface area contributed by atoms with Crippen molar-refractivity contribution >= 4 is 6.29 Å². The number of rotatable bonds is 4. The van der Waals surface area contributed by atoms with Gasteiger partial charge in [-0.2, -0.15) is 5.10 Å². The van der Waals surface area contributed by atoms with E-state index in [1.807, 2.05) is 17.8 Å². The number of aryl methyl sites for hydroxylation is 2. The standard InChI is InChI=1S/C12H14N2O2/c1-3-6-14-7-11(9(2)13-14)12-5-4-10(8-15)16-12/h4-5,7-8H,3,6H2,1-2H3. The van der Waals surface area contributed by atoms with E-state index in [-0.39, 0.29) is 0 Å². The van der Waals surface area contributed by atoms with Crippen molar-refractivity contribution in [3.05, 3.63) is 29.8 Å². The van der Waals surface area contributed by atoms with Crippen molar-refractivity contribution in [3.8, 4) is 11.3 Å². The highest BCUT2D eigenvalue weighted by Gasteiger charge is 2.10. The molecule has 2 aromatic rings. The lowest BCUT2D eigenvalue weighted by atomic mass is 10.2. The first-order valence-electron chi connectivity index (χ1n) is 5.34. The van der Waals surface area contributed by atoms with E-state index in [0.29, 0.717) is 17.8 Å². The lowest BCUT2D eigenvalue weighted by Crippen LogP contribution is -1.96. The number of carbonyl (C=O) groups excluding carboxylic acids is 1. The first kappa shape index (κ1) is 10.7. The molecule has 0 bridgehead atoms. The summed E-state index contributed by atoms with van der Waals surface area (Å²) < 4.78 is 7.27. The van der Waals surface area contributed by atoms with Crippen LogP contribution >= 0.6 is 0 Å². The van der Waals surface area contributed by atoms with Gasteiger partial charge in [-0.3, -0.25) is 9.48 Å². The van der Waals surface area contributed by atoms with Gasteiger partial charge in [0.1, 0.15) is 5.76 Å². The number of carbonyl (C=O) groups is 1. The zero-order valence-electron chi connectivity index (χ0n) is 9.43. The van der Waals surface area contributed by atoms with Crippen molar-refractivity contribution in [2.75, 3.05) is 0 Å². The van der Waals surface area contributed by atoms with Crippen molar-refractivity contribution in [1.29, 1.82) is 0 Å². The molecule has 0 aliphatic carbocycles. The predicted octanol–water partition coefficient (Wildman–Crippen LogP) is 2.67. The first-order valence-corrected chi connectivity index (χ1v) is 5.34. The van der Waals surface area contributed by atoms with Gasteiger partial charge in [-0.25, -0.2) is 0 Å². The number of hydrogen-bond donors (Lipinski definition) is 0. The molecular formula is C12H14N2O2. The lowest BCUT2D eigenvalue weighted by molar-refractivity contribution is 0.110. The van der Waals surface area contributed by atoms with E-state index < -0.39 is 0 Å². The van der Waals surface area contributed by atoms with Gasteiger partial charge in [0.05, 0.1) is 11.3 Å². The van der Waals surface area contributed by atoms with Crippen molar-refractivity contribution in [2.45, 2.75) is 26.8 Å². The highest BCUT2D eigenvalue weighted by Crippen LogP contribution is 2.24. The molecule has 4 nitrogen and oxygen atoms in total. The van der Waals surface area contributed by atoms with Crippen LogP contribution < -0.4 is 0 Å². The van der Waals surface area contributed by atoms with E-state index in [4.69, 9.17) is 4.42 Å². The number of furan rings is 1. The van der Waals surface area contributed by atoms with Crippen LogP contribution in [0.25, 0.3) is 11.3 Å². The van der Waals surface area contributed by atoms with Gasteiger partial charge < -0.3 is 4.42 Å². The maximum atomic E-state index is 10.5. The first-order chi connectivity index (χ1) is 7.74. The van der Waals surface area contributed by atoms with E-state index in [0.717, 1.165) is 24.2 Å². The largest absolute Gasteiger partial charge is 0.453 e. The summed E-state index contributed by atoms with van der Waals surface area (Å²) in [7, 11) is 0. The fraction of sp³-hybridized carbons (Fsp3) is 0.333. The van der Waals surface area contributed by atoms with Gasteiger partial charge in [0, 0.05) is 12.7 Å². The van der Waals surface area contributed by atoms with E-state index in [2.05, 4.69) is 12.0 Å². The highest BCUT2D eigenvalue weighted by molar-refractivity contribution is 5.73. The zero-order chi connectivity index (χ0) is 11.5. The SMILES string of the molecule is CCCn1cc(-c2ccc(C=O)o2)c(C)n1. The molecule has 0 aliphatic rings. The second-order valence-electron chi connectivity index (χ2n) is 3.71. The minimum Gasteiger partial charge on any atom is -0.453 e. The molecule has 0 aliphatic heterocycles. The van der Waals surface area contributed by atoms with Crippen LogP contribution in [0.4, 0.5) is 0 Å². The molecule has 2 rings (SSSR count). The van der Waals surface area contributed by atoms with Crippen molar-refractivity contribution in [2.24, 2.45) is 0 Å². The smallest absolute Gasteiger partial charge is 0.185 e. The monoisotopic (exact) mass is 218 g/mol. The summed E-state index contributed by atoms with van der Waals surface area (Å²) >= 11 is 0. The Morgan fingerprint density at radius 1 is 1.50 bits per heavy atom. The molecule has 0 atom stereocenters. The Balaban J connectivity index is 2.35. The van der Waals surface area contributed by atoms with Crippen molar-refractivity contribution in [3.63, 3.8) is 0 Å². The average molecular weight is 218 g/mol. The quantitative estimate of drug-likeness (QED) is 0.741. The summed E-state index contributed by atoms with van der Waals surface area (Å²) in [6.45, 7) is 4.93. The predicted molar refractivity (Wildman–Crippen MR) is 60.3 cm³/mol. The molecule has 0 saturated heterocycles. The summed E-state index contributed by atoms with van der Waals surface area (Å²) in [4.78, 5) is 10.5. The summed E-state index contributed by atoms with van der Waals surface area (Å²) in [5.41, 5.74) is 1.86. The molecule has 0 amide bonds. The molecule has 0 saturated carbocycles. The molecular weight excluding hydrogens is 204 g/mol. The average Bonchev–Trinajstić information content (AvgIpc) is 2.85. The van der Waals surface area contributed by atoms with E-state index in [9.17, 15) is 4.79 Å². The summed E-state index contributed by atoms with van der Waals surface area (Å²) in [6.07, 6.45) is 3.69. The second kappa shape index (κ2) is 4.35. The van der Waals surface area contributed by atoms with Crippen LogP contribution in [0.5, 0.6) is 0 Å². The number of aldehydes is 1. The molecule has 84 valence electrons. The molecule has 0 aromatic carbocycles. The minimum atomic E-state index is 0.345. The zero-order valence-corrected chi connectivity index (χ0v) is 9.43. The van der Waals surface area contributed by atoms with Gasteiger partial charge >= 0.3 is 0 Å². The third-order valence-electron chi connectivity index (χ3n) is 2.41. The van der Waals surface area contributed by atoms with Gasteiger partial charge in [0.25, 0.3) is 0 Å². The van der Waals surface area contributed by atoms with Gasteiger partial charge in [0.15, 0.2) is 12.0 Å². The Morgan fingerprint density at radius 2 is 2.31 bits per heavy atom. The van der Waals surface area contributed by atoms with E-state index in [1.54, 1.807) is 12.1 Å². The van der Waals surface area contributed by atoms with Gasteiger partial charge in [-0.05, 0) is 25.5 Å². The molecule has 0 radical (unpaired) electrons. The van der Waals surface area contributed by atoms with Gasteiger partial charge in [-0.15, -0.1) is 0 Å². The number of nitrogens with zero attached hydrogens (tertiary/aromatic N) is 2. The Bertz CT molecular complexity index is 497. The maximum Gasteiger partial charge on any atom is 0.185 e. The highest BCUT2D eigenvalue weighted by atomic mass is 16.3. The topological polar surface area (TPSA) is 48.0 Å². The van der Waals surface area contributed by atoms with Crippen LogP contribution in [0.3, 0.4) is 0 Å². The molecule has 2 aromatic heterocycles. The Hall–Kier alpha value is -1.84. The summed E-state index contributed by atoms with van der Waals surface area (Å²) in [5, 5.41) is 4.38. The minimum absolute atomic E-state index is 0.345. The molecule has 0 fully saturated rings. The Morgan fingerprint density at radius 3 is 2.94 bits per heavy atom. The third kappa shape index (κ3) is 1.91. The molecule has 0 spiro atoms. The van der Waals surface area contributed by atoms with Crippen LogP contribution in [0.2, 0.25) is 0 Å². The fourth-order valence-electron chi connectivity index (χ4n) is 1.66. The lowest BCUT2D eigenvalue weighted by Gasteiger charge is -1.94. The molecule has 16 heavy (non-hydrogen) atoms. The molecule has 0 N–H and O–H groups in total. The number of aromatic nitrogens is 2.